The minimum absolute atomic E-state index is 0.241. The fourth-order valence-electron chi connectivity index (χ4n) is 1.27. The van der Waals surface area contributed by atoms with E-state index in [1.165, 1.54) is 0 Å². The lowest BCUT2D eigenvalue weighted by Gasteiger charge is -1.99. The van der Waals surface area contributed by atoms with E-state index in [4.69, 9.17) is 10.8 Å². The van der Waals surface area contributed by atoms with E-state index < -0.39 is 5.97 Å². The maximum Gasteiger partial charge on any atom is 0.303 e. The third-order valence-electron chi connectivity index (χ3n) is 2.07. The van der Waals surface area contributed by atoms with Crippen molar-refractivity contribution in [2.24, 2.45) is 5.73 Å². The summed E-state index contributed by atoms with van der Waals surface area (Å²) in [5.74, 6) is -0.735. The Balaban J connectivity index is 2.12. The normalized spacial score (nSPS) is 10.5. The van der Waals surface area contributed by atoms with Crippen molar-refractivity contribution < 1.29 is 9.90 Å². The van der Waals surface area contributed by atoms with Crippen LogP contribution >= 0.6 is 0 Å². The quantitative estimate of drug-likeness (QED) is 0.637. The smallest absolute Gasteiger partial charge is 0.303 e. The van der Waals surface area contributed by atoms with Crippen LogP contribution in [0.25, 0.3) is 0 Å². The summed E-state index contributed by atoms with van der Waals surface area (Å²) in [6, 6.07) is 0. The zero-order valence-electron chi connectivity index (χ0n) is 8.59. The zero-order chi connectivity index (χ0) is 11.1. The number of carboxylic acids is 1. The molecule has 0 atom stereocenters. The van der Waals surface area contributed by atoms with Crippen molar-refractivity contribution >= 4 is 5.97 Å². The van der Waals surface area contributed by atoms with Gasteiger partial charge in [-0.25, -0.2) is 0 Å². The maximum absolute atomic E-state index is 10.2. The van der Waals surface area contributed by atoms with E-state index >= 15 is 0 Å². The summed E-state index contributed by atoms with van der Waals surface area (Å²) in [5, 5.41) is 16.2. The van der Waals surface area contributed by atoms with E-state index in [-0.39, 0.29) is 6.42 Å². The molecule has 0 spiro atoms. The van der Waals surface area contributed by atoms with Crippen molar-refractivity contribution in [1.29, 1.82) is 0 Å². The number of carbonyl (C=O) groups is 1. The molecule has 1 aromatic rings. The molecule has 1 aromatic heterocycles. The Hall–Kier alpha value is -1.43. The Morgan fingerprint density at radius 1 is 1.47 bits per heavy atom. The van der Waals surface area contributed by atoms with Crippen molar-refractivity contribution in [3.63, 3.8) is 0 Å². The first-order valence-electron chi connectivity index (χ1n) is 5.03. The second-order valence-corrected chi connectivity index (χ2v) is 3.38. The Bertz CT molecular complexity index is 311. The molecular weight excluding hydrogens is 196 g/mol. The van der Waals surface area contributed by atoms with Gasteiger partial charge in [0.05, 0.1) is 5.69 Å². The molecule has 0 bridgehead atoms. The predicted molar refractivity (Wildman–Crippen MR) is 54.0 cm³/mol. The van der Waals surface area contributed by atoms with Crippen LogP contribution in [0, 0.1) is 0 Å². The largest absolute Gasteiger partial charge is 0.481 e. The number of unbranched alkanes of at least 4 members (excludes halogenated alkanes) is 2. The van der Waals surface area contributed by atoms with Crippen LogP contribution in [-0.2, 0) is 17.9 Å². The number of aromatic nitrogens is 3. The lowest BCUT2D eigenvalue weighted by Crippen LogP contribution is -2.00. The summed E-state index contributed by atoms with van der Waals surface area (Å²) < 4.78 is 1.74. The molecule has 0 fully saturated rings. The van der Waals surface area contributed by atoms with Gasteiger partial charge in [0.1, 0.15) is 0 Å². The number of aliphatic carboxylic acids is 1. The van der Waals surface area contributed by atoms with Crippen molar-refractivity contribution in [1.82, 2.24) is 15.0 Å². The minimum Gasteiger partial charge on any atom is -0.481 e. The molecule has 0 unspecified atom stereocenters. The molecule has 0 amide bonds. The van der Waals surface area contributed by atoms with Crippen LogP contribution in [0.1, 0.15) is 31.4 Å². The van der Waals surface area contributed by atoms with Gasteiger partial charge in [-0.2, -0.15) is 0 Å². The molecule has 0 aliphatic rings. The molecule has 6 heteroatoms. The number of aryl methyl sites for hydroxylation is 1. The molecule has 1 heterocycles. The fraction of sp³-hybridized carbons (Fsp3) is 0.667. The topological polar surface area (TPSA) is 94.0 Å². The molecule has 15 heavy (non-hydrogen) atoms. The van der Waals surface area contributed by atoms with Crippen molar-refractivity contribution in [3.05, 3.63) is 11.9 Å². The lowest BCUT2D eigenvalue weighted by molar-refractivity contribution is -0.137. The van der Waals surface area contributed by atoms with Gasteiger partial charge < -0.3 is 10.8 Å². The zero-order valence-corrected chi connectivity index (χ0v) is 8.59. The summed E-state index contributed by atoms with van der Waals surface area (Å²) in [6.45, 7) is 1.17. The number of hydrogen-bond acceptors (Lipinski definition) is 4. The van der Waals surface area contributed by atoms with E-state index in [2.05, 4.69) is 10.3 Å². The molecule has 0 radical (unpaired) electrons. The van der Waals surface area contributed by atoms with Crippen LogP contribution in [0.2, 0.25) is 0 Å². The van der Waals surface area contributed by atoms with Crippen LogP contribution in [0.15, 0.2) is 6.20 Å². The van der Waals surface area contributed by atoms with Crippen molar-refractivity contribution in [2.45, 2.75) is 38.8 Å². The van der Waals surface area contributed by atoms with Gasteiger partial charge in [-0.3, -0.25) is 9.48 Å². The number of nitrogens with two attached hydrogens (primary N) is 1. The van der Waals surface area contributed by atoms with E-state index in [9.17, 15) is 4.79 Å². The van der Waals surface area contributed by atoms with E-state index in [0.717, 1.165) is 25.1 Å². The fourth-order valence-corrected chi connectivity index (χ4v) is 1.27. The highest BCUT2D eigenvalue weighted by molar-refractivity contribution is 5.66. The van der Waals surface area contributed by atoms with Crippen LogP contribution in [0.3, 0.4) is 0 Å². The highest BCUT2D eigenvalue weighted by Crippen LogP contribution is 2.02. The third-order valence-corrected chi connectivity index (χ3v) is 2.07. The third kappa shape index (κ3) is 4.55. The highest BCUT2D eigenvalue weighted by atomic mass is 16.4. The number of nitrogens with zero attached hydrogens (tertiary/aromatic N) is 3. The van der Waals surface area contributed by atoms with Crippen LogP contribution in [-0.4, -0.2) is 26.1 Å². The first kappa shape index (κ1) is 11.6. The second kappa shape index (κ2) is 6.13. The van der Waals surface area contributed by atoms with Crippen molar-refractivity contribution in [2.75, 3.05) is 0 Å². The van der Waals surface area contributed by atoms with E-state index in [0.29, 0.717) is 13.0 Å². The Labute approximate surface area is 88.1 Å². The Morgan fingerprint density at radius 2 is 2.27 bits per heavy atom. The summed E-state index contributed by atoms with van der Waals surface area (Å²) in [4.78, 5) is 10.2. The molecule has 0 aliphatic carbocycles. The lowest BCUT2D eigenvalue weighted by atomic mass is 10.2. The molecule has 0 saturated heterocycles. The van der Waals surface area contributed by atoms with Gasteiger partial charge in [-0.1, -0.05) is 11.6 Å². The van der Waals surface area contributed by atoms with Crippen LogP contribution < -0.4 is 5.73 Å². The summed E-state index contributed by atoms with van der Waals surface area (Å²) in [7, 11) is 0. The van der Waals surface area contributed by atoms with Gasteiger partial charge in [0.15, 0.2) is 0 Å². The number of rotatable bonds is 7. The number of hydrogen-bond donors (Lipinski definition) is 2. The molecule has 1 rings (SSSR count). The monoisotopic (exact) mass is 212 g/mol. The van der Waals surface area contributed by atoms with Gasteiger partial charge in [0.25, 0.3) is 0 Å². The SMILES string of the molecule is NCc1cn(CCCCCC(=O)O)nn1. The average molecular weight is 212 g/mol. The number of carboxylic acid groups (broad SMARTS) is 1. The Morgan fingerprint density at radius 3 is 2.87 bits per heavy atom. The minimum atomic E-state index is -0.735. The molecule has 0 saturated carbocycles. The molecule has 6 nitrogen and oxygen atoms in total. The average Bonchev–Trinajstić information content (AvgIpc) is 2.65. The molecule has 0 aromatic carbocycles. The van der Waals surface area contributed by atoms with E-state index in [1.807, 2.05) is 6.20 Å². The second-order valence-electron chi connectivity index (χ2n) is 3.38. The maximum atomic E-state index is 10.2. The molecule has 0 aliphatic heterocycles. The standard InChI is InChI=1S/C9H16N4O2/c10-6-8-7-13(12-11-8)5-3-1-2-4-9(14)15/h7H,1-6,10H2,(H,14,15). The van der Waals surface area contributed by atoms with Gasteiger partial charge in [0.2, 0.25) is 0 Å². The highest BCUT2D eigenvalue weighted by Gasteiger charge is 1.99. The van der Waals surface area contributed by atoms with Gasteiger partial charge >= 0.3 is 5.97 Å². The summed E-state index contributed by atoms with van der Waals surface area (Å²) in [6.07, 6.45) is 4.58. The summed E-state index contributed by atoms with van der Waals surface area (Å²) >= 11 is 0. The first-order valence-corrected chi connectivity index (χ1v) is 5.03. The van der Waals surface area contributed by atoms with Gasteiger partial charge in [0, 0.05) is 25.7 Å². The van der Waals surface area contributed by atoms with Crippen LogP contribution in [0.4, 0.5) is 0 Å². The van der Waals surface area contributed by atoms with Crippen LogP contribution in [0.5, 0.6) is 0 Å². The Kier molecular flexibility index (Phi) is 4.76. The van der Waals surface area contributed by atoms with Gasteiger partial charge in [-0.15, -0.1) is 5.10 Å². The van der Waals surface area contributed by atoms with Gasteiger partial charge in [-0.05, 0) is 12.8 Å². The first-order chi connectivity index (χ1) is 7.22. The molecular formula is C9H16N4O2. The van der Waals surface area contributed by atoms with Crippen molar-refractivity contribution in [3.8, 4) is 0 Å². The molecule has 84 valence electrons. The predicted octanol–water partition coefficient (Wildman–Crippen LogP) is 0.382. The van der Waals surface area contributed by atoms with E-state index in [1.54, 1.807) is 4.68 Å². The summed E-state index contributed by atoms with van der Waals surface area (Å²) in [5.41, 5.74) is 6.17. The molecule has 3 N–H and O–H groups in total.